The quantitative estimate of drug-likeness (QED) is 0.615. The Morgan fingerprint density at radius 1 is 1.25 bits per heavy atom. The Morgan fingerprint density at radius 3 is 2.12 bits per heavy atom. The average Bonchev–Trinajstić information content (AvgIpc) is 2.17. The molecule has 1 unspecified atom stereocenters. The second kappa shape index (κ2) is 4.66. The molecule has 0 aliphatic heterocycles. The van der Waals surface area contributed by atoms with Gasteiger partial charge in [0.1, 0.15) is 11.8 Å². The number of nitrogens with two attached hydrogens (primary N) is 1. The minimum absolute atomic E-state index is 0.101. The molecule has 0 fully saturated rings. The minimum Gasteiger partial charge on any atom is -0.425 e. The van der Waals surface area contributed by atoms with Crippen molar-refractivity contribution < 1.29 is 9.53 Å². The van der Waals surface area contributed by atoms with Gasteiger partial charge in [0.15, 0.2) is 0 Å². The molecule has 0 spiro atoms. The molecule has 0 saturated heterocycles. The van der Waals surface area contributed by atoms with Gasteiger partial charge in [-0.2, -0.15) is 0 Å². The van der Waals surface area contributed by atoms with E-state index in [9.17, 15) is 4.79 Å². The van der Waals surface area contributed by atoms with E-state index < -0.39 is 12.0 Å². The Morgan fingerprint density at radius 2 is 1.75 bits per heavy atom. The molecule has 88 valence electrons. The van der Waals surface area contributed by atoms with Crippen LogP contribution < -0.4 is 10.5 Å². The predicted octanol–water partition coefficient (Wildman–Crippen LogP) is 2.24. The van der Waals surface area contributed by atoms with E-state index in [1.807, 2.05) is 12.1 Å². The van der Waals surface area contributed by atoms with Crippen LogP contribution in [-0.4, -0.2) is 12.0 Å². The number of carbonyl (C=O) groups is 1. The van der Waals surface area contributed by atoms with Crippen LogP contribution in [0.3, 0.4) is 0 Å². The lowest BCUT2D eigenvalue weighted by molar-refractivity contribution is -0.135. The molecule has 1 aromatic rings. The number of hydrogen-bond donors (Lipinski definition) is 1. The van der Waals surface area contributed by atoms with Gasteiger partial charge >= 0.3 is 5.97 Å². The molecular formula is C13H19NO2. The van der Waals surface area contributed by atoms with Crippen LogP contribution in [0.1, 0.15) is 33.3 Å². The van der Waals surface area contributed by atoms with E-state index in [-0.39, 0.29) is 5.41 Å². The topological polar surface area (TPSA) is 52.3 Å². The Hall–Kier alpha value is -1.35. The first-order valence-electron chi connectivity index (χ1n) is 5.38. The van der Waals surface area contributed by atoms with E-state index in [1.54, 1.807) is 19.1 Å². The number of ether oxygens (including phenoxy) is 1. The monoisotopic (exact) mass is 221 g/mol. The lowest BCUT2D eigenvalue weighted by Crippen LogP contribution is -2.30. The molecule has 0 heterocycles. The van der Waals surface area contributed by atoms with Gasteiger partial charge in [-0.1, -0.05) is 32.9 Å². The van der Waals surface area contributed by atoms with Gasteiger partial charge in [-0.15, -0.1) is 0 Å². The summed E-state index contributed by atoms with van der Waals surface area (Å²) < 4.78 is 5.08. The third kappa shape index (κ3) is 3.35. The second-order valence-electron chi connectivity index (χ2n) is 4.98. The highest BCUT2D eigenvalue weighted by Crippen LogP contribution is 2.24. The van der Waals surface area contributed by atoms with Crippen molar-refractivity contribution in [1.82, 2.24) is 0 Å². The van der Waals surface area contributed by atoms with Gasteiger partial charge in [-0.05, 0) is 30.0 Å². The maximum Gasteiger partial charge on any atom is 0.328 e. The van der Waals surface area contributed by atoms with E-state index in [4.69, 9.17) is 10.5 Å². The van der Waals surface area contributed by atoms with Gasteiger partial charge in [0.25, 0.3) is 0 Å². The van der Waals surface area contributed by atoms with Crippen molar-refractivity contribution in [1.29, 1.82) is 0 Å². The third-order valence-corrected chi connectivity index (χ3v) is 2.31. The van der Waals surface area contributed by atoms with E-state index in [0.29, 0.717) is 5.75 Å². The maximum absolute atomic E-state index is 11.2. The summed E-state index contributed by atoms with van der Waals surface area (Å²) in [6.45, 7) is 8.01. The average molecular weight is 221 g/mol. The van der Waals surface area contributed by atoms with E-state index in [1.165, 1.54) is 5.56 Å². The third-order valence-electron chi connectivity index (χ3n) is 2.31. The predicted molar refractivity (Wildman–Crippen MR) is 64.4 cm³/mol. The van der Waals surface area contributed by atoms with Crippen LogP contribution in [0.4, 0.5) is 0 Å². The van der Waals surface area contributed by atoms with Crippen molar-refractivity contribution >= 4 is 5.97 Å². The largest absolute Gasteiger partial charge is 0.425 e. The molecule has 3 heteroatoms. The first-order chi connectivity index (χ1) is 7.30. The lowest BCUT2D eigenvalue weighted by Gasteiger charge is -2.19. The molecule has 1 rings (SSSR count). The van der Waals surface area contributed by atoms with Crippen molar-refractivity contribution in [2.75, 3.05) is 0 Å². The van der Waals surface area contributed by atoms with Crippen LogP contribution in [0.2, 0.25) is 0 Å². The van der Waals surface area contributed by atoms with Crippen LogP contribution in [0.25, 0.3) is 0 Å². The summed E-state index contributed by atoms with van der Waals surface area (Å²) in [5.74, 6) is 0.124. The Kier molecular flexibility index (Phi) is 3.70. The molecule has 0 aromatic heterocycles. The second-order valence-corrected chi connectivity index (χ2v) is 4.98. The first-order valence-corrected chi connectivity index (χ1v) is 5.38. The zero-order valence-electron chi connectivity index (χ0n) is 10.3. The van der Waals surface area contributed by atoms with E-state index >= 15 is 0 Å². The molecule has 3 nitrogen and oxygen atoms in total. The maximum atomic E-state index is 11.2. The van der Waals surface area contributed by atoms with Gasteiger partial charge in [0.05, 0.1) is 0 Å². The molecule has 0 aliphatic rings. The van der Waals surface area contributed by atoms with Gasteiger partial charge in [-0.25, -0.2) is 4.79 Å². The molecule has 0 amide bonds. The summed E-state index contributed by atoms with van der Waals surface area (Å²) in [6, 6.07) is 6.91. The molecule has 0 aliphatic carbocycles. The molecular weight excluding hydrogens is 202 g/mol. The standard InChI is InChI=1S/C13H19NO2/c1-9(14)12(15)16-11-7-5-10(6-8-11)13(2,3)4/h5-9H,14H2,1-4H3. The van der Waals surface area contributed by atoms with E-state index in [2.05, 4.69) is 20.8 Å². The molecule has 1 aromatic carbocycles. The highest BCUT2D eigenvalue weighted by Gasteiger charge is 2.14. The zero-order chi connectivity index (χ0) is 12.3. The van der Waals surface area contributed by atoms with Crippen LogP contribution in [0, 0.1) is 0 Å². The number of hydrogen-bond acceptors (Lipinski definition) is 3. The SMILES string of the molecule is CC(N)C(=O)Oc1ccc(C(C)(C)C)cc1. The summed E-state index contributed by atoms with van der Waals surface area (Å²) in [5, 5.41) is 0. The zero-order valence-corrected chi connectivity index (χ0v) is 10.3. The summed E-state index contributed by atoms with van der Waals surface area (Å²) in [4.78, 5) is 11.2. The van der Waals surface area contributed by atoms with Crippen molar-refractivity contribution in [3.63, 3.8) is 0 Å². The fourth-order valence-corrected chi connectivity index (χ4v) is 1.23. The Balaban J connectivity index is 2.76. The summed E-state index contributed by atoms with van der Waals surface area (Å²) in [7, 11) is 0. The first kappa shape index (κ1) is 12.7. The Labute approximate surface area is 96.6 Å². The highest BCUT2D eigenvalue weighted by molar-refractivity contribution is 5.77. The molecule has 16 heavy (non-hydrogen) atoms. The smallest absolute Gasteiger partial charge is 0.328 e. The normalized spacial score (nSPS) is 13.3. The number of carbonyl (C=O) groups excluding carboxylic acids is 1. The number of rotatable bonds is 2. The van der Waals surface area contributed by atoms with Gasteiger partial charge < -0.3 is 10.5 Å². The minimum atomic E-state index is -0.595. The van der Waals surface area contributed by atoms with Crippen LogP contribution in [0.5, 0.6) is 5.75 Å². The van der Waals surface area contributed by atoms with E-state index in [0.717, 1.165) is 0 Å². The molecule has 0 saturated carbocycles. The summed E-state index contributed by atoms with van der Waals surface area (Å²) >= 11 is 0. The summed E-state index contributed by atoms with van der Waals surface area (Å²) in [6.07, 6.45) is 0. The van der Waals surface area contributed by atoms with Crippen molar-refractivity contribution in [2.45, 2.75) is 39.2 Å². The fraction of sp³-hybridized carbons (Fsp3) is 0.462. The molecule has 2 N–H and O–H groups in total. The number of benzene rings is 1. The van der Waals surface area contributed by atoms with Gasteiger partial charge in [0.2, 0.25) is 0 Å². The van der Waals surface area contributed by atoms with Crippen molar-refractivity contribution in [3.05, 3.63) is 29.8 Å². The Bertz CT molecular complexity index is 361. The molecule has 1 atom stereocenters. The van der Waals surface area contributed by atoms with Gasteiger partial charge in [0, 0.05) is 0 Å². The van der Waals surface area contributed by atoms with Gasteiger partial charge in [-0.3, -0.25) is 0 Å². The summed E-state index contributed by atoms with van der Waals surface area (Å²) in [5.41, 5.74) is 6.71. The fourth-order valence-electron chi connectivity index (χ4n) is 1.23. The molecule has 0 radical (unpaired) electrons. The van der Waals surface area contributed by atoms with Crippen molar-refractivity contribution in [3.8, 4) is 5.75 Å². The van der Waals surface area contributed by atoms with Crippen LogP contribution in [-0.2, 0) is 10.2 Å². The number of esters is 1. The lowest BCUT2D eigenvalue weighted by atomic mass is 9.87. The van der Waals surface area contributed by atoms with Crippen molar-refractivity contribution in [2.24, 2.45) is 5.73 Å². The molecule has 0 bridgehead atoms. The van der Waals surface area contributed by atoms with Crippen LogP contribution in [0.15, 0.2) is 24.3 Å². The van der Waals surface area contributed by atoms with Crippen LogP contribution >= 0.6 is 0 Å². The highest BCUT2D eigenvalue weighted by atomic mass is 16.5.